The number of benzene rings is 1. The number of hydrogen-bond acceptors (Lipinski definition) is 6. The molecule has 1 heterocycles. The van der Waals surface area contributed by atoms with Crippen LogP contribution in [0.3, 0.4) is 0 Å². The molecule has 2 rings (SSSR count). The Bertz CT molecular complexity index is 524. The maximum atomic E-state index is 11.6. The van der Waals surface area contributed by atoms with Crippen LogP contribution in [0, 0.1) is 0 Å². The van der Waals surface area contributed by atoms with Gasteiger partial charge in [0.15, 0.2) is 11.5 Å². The van der Waals surface area contributed by atoms with E-state index in [9.17, 15) is 9.90 Å². The second kappa shape index (κ2) is 4.19. The average molecular weight is 236 g/mol. The molecule has 0 aliphatic heterocycles. The minimum atomic E-state index is -0.632. The van der Waals surface area contributed by atoms with Crippen LogP contribution < -0.4 is 10.5 Å². The summed E-state index contributed by atoms with van der Waals surface area (Å²) in [6, 6.07) is 6.20. The maximum Gasteiger partial charge on any atom is 0.348 e. The van der Waals surface area contributed by atoms with Crippen molar-refractivity contribution in [1.82, 2.24) is 4.37 Å². The monoisotopic (exact) mass is 236 g/mol. The number of aromatic hydroxyl groups is 1. The molecule has 82 valence electrons. The molecule has 1 aromatic heterocycles. The summed E-state index contributed by atoms with van der Waals surface area (Å²) in [7, 11) is 0. The van der Waals surface area contributed by atoms with Crippen LogP contribution in [0.5, 0.6) is 11.5 Å². The van der Waals surface area contributed by atoms with Gasteiger partial charge in [-0.25, -0.2) is 4.79 Å². The van der Waals surface area contributed by atoms with Crippen LogP contribution in [0.1, 0.15) is 10.4 Å². The van der Waals surface area contributed by atoms with Crippen molar-refractivity contribution in [2.45, 2.75) is 0 Å². The molecule has 6 heteroatoms. The Labute approximate surface area is 95.3 Å². The fourth-order valence-corrected chi connectivity index (χ4v) is 1.61. The number of esters is 1. The molecule has 0 aliphatic rings. The summed E-state index contributed by atoms with van der Waals surface area (Å²) in [5, 5.41) is 9.70. The third-order valence-corrected chi connectivity index (χ3v) is 2.51. The summed E-state index contributed by atoms with van der Waals surface area (Å²) in [4.78, 5) is 11.6. The Kier molecular flexibility index (Phi) is 2.74. The van der Waals surface area contributed by atoms with E-state index in [1.165, 1.54) is 18.3 Å². The number of nitrogens with zero attached hydrogens (tertiary/aromatic N) is 1. The lowest BCUT2D eigenvalue weighted by Gasteiger charge is -2.04. The second-order valence-corrected chi connectivity index (χ2v) is 3.79. The number of nitrogens with two attached hydrogens (primary N) is 1. The molecule has 0 saturated carbocycles. The normalized spacial score (nSPS) is 10.0. The fourth-order valence-electron chi connectivity index (χ4n) is 1.10. The van der Waals surface area contributed by atoms with Crippen molar-refractivity contribution in [2.24, 2.45) is 0 Å². The number of aromatic nitrogens is 1. The zero-order valence-corrected chi connectivity index (χ0v) is 8.90. The topological polar surface area (TPSA) is 85.4 Å². The van der Waals surface area contributed by atoms with Crippen molar-refractivity contribution in [3.8, 4) is 11.5 Å². The highest BCUT2D eigenvalue weighted by molar-refractivity contribution is 7.10. The van der Waals surface area contributed by atoms with E-state index < -0.39 is 5.97 Å². The molecular formula is C10H8N2O3S. The van der Waals surface area contributed by atoms with Crippen LogP contribution in [0.25, 0.3) is 0 Å². The third kappa shape index (κ3) is 1.96. The Morgan fingerprint density at radius 2 is 2.19 bits per heavy atom. The van der Waals surface area contributed by atoms with Gasteiger partial charge in [-0.1, -0.05) is 12.1 Å². The Morgan fingerprint density at radius 1 is 1.44 bits per heavy atom. The summed E-state index contributed by atoms with van der Waals surface area (Å²) in [6.45, 7) is 0. The van der Waals surface area contributed by atoms with Gasteiger partial charge in [0, 0.05) is 0 Å². The molecule has 0 aliphatic carbocycles. The molecule has 0 saturated heterocycles. The minimum absolute atomic E-state index is 0.0955. The first kappa shape index (κ1) is 10.4. The van der Waals surface area contributed by atoms with Gasteiger partial charge in [0.05, 0.1) is 6.20 Å². The highest BCUT2D eigenvalue weighted by Gasteiger charge is 2.15. The molecule has 0 fully saturated rings. The number of ether oxygens (including phenoxy) is 1. The van der Waals surface area contributed by atoms with E-state index in [0.717, 1.165) is 11.5 Å². The van der Waals surface area contributed by atoms with E-state index in [2.05, 4.69) is 4.37 Å². The zero-order valence-electron chi connectivity index (χ0n) is 8.08. The summed E-state index contributed by atoms with van der Waals surface area (Å²) < 4.78 is 8.73. The fraction of sp³-hybridized carbons (Fsp3) is 0. The van der Waals surface area contributed by atoms with E-state index in [-0.39, 0.29) is 17.1 Å². The molecule has 16 heavy (non-hydrogen) atoms. The quantitative estimate of drug-likeness (QED) is 0.611. The van der Waals surface area contributed by atoms with E-state index in [0.29, 0.717) is 5.00 Å². The molecule has 0 spiro atoms. The van der Waals surface area contributed by atoms with Crippen LogP contribution in [0.4, 0.5) is 5.00 Å². The van der Waals surface area contributed by atoms with Crippen molar-refractivity contribution in [3.05, 3.63) is 36.0 Å². The van der Waals surface area contributed by atoms with Crippen molar-refractivity contribution >= 4 is 22.5 Å². The molecule has 1 aromatic carbocycles. The Hall–Kier alpha value is -2.08. The highest BCUT2D eigenvalue weighted by Crippen LogP contribution is 2.26. The predicted octanol–water partition coefficient (Wildman–Crippen LogP) is 1.65. The lowest BCUT2D eigenvalue weighted by molar-refractivity contribution is 0.0731. The van der Waals surface area contributed by atoms with Gasteiger partial charge in [-0.2, -0.15) is 4.37 Å². The number of anilines is 1. The summed E-state index contributed by atoms with van der Waals surface area (Å²) in [6.07, 6.45) is 1.34. The van der Waals surface area contributed by atoms with Gasteiger partial charge in [0.25, 0.3) is 0 Å². The van der Waals surface area contributed by atoms with Gasteiger partial charge in [0.2, 0.25) is 0 Å². The van der Waals surface area contributed by atoms with E-state index >= 15 is 0 Å². The number of para-hydroxylation sites is 2. The number of rotatable bonds is 2. The largest absolute Gasteiger partial charge is 0.504 e. The SMILES string of the molecule is Nc1sncc1C(=O)Oc1ccccc1O. The lowest BCUT2D eigenvalue weighted by Crippen LogP contribution is -2.09. The summed E-state index contributed by atoms with van der Waals surface area (Å²) >= 11 is 1.01. The van der Waals surface area contributed by atoms with Gasteiger partial charge in [0.1, 0.15) is 10.6 Å². The van der Waals surface area contributed by atoms with Crippen LogP contribution >= 0.6 is 11.5 Å². The van der Waals surface area contributed by atoms with E-state index in [1.54, 1.807) is 12.1 Å². The summed E-state index contributed by atoms with van der Waals surface area (Å²) in [5.74, 6) is -0.636. The smallest absolute Gasteiger partial charge is 0.348 e. The standard InChI is InChI=1S/C10H8N2O3S/c11-9-6(5-12-16-9)10(14)15-8-4-2-1-3-7(8)13/h1-5,13H,11H2. The first-order valence-electron chi connectivity index (χ1n) is 4.39. The Balaban J connectivity index is 2.21. The predicted molar refractivity (Wildman–Crippen MR) is 59.6 cm³/mol. The van der Waals surface area contributed by atoms with Crippen molar-refractivity contribution in [2.75, 3.05) is 5.73 Å². The molecule has 0 bridgehead atoms. The van der Waals surface area contributed by atoms with Gasteiger partial charge >= 0.3 is 5.97 Å². The number of hydrogen-bond donors (Lipinski definition) is 2. The van der Waals surface area contributed by atoms with Crippen molar-refractivity contribution in [3.63, 3.8) is 0 Å². The number of carbonyl (C=O) groups is 1. The van der Waals surface area contributed by atoms with Gasteiger partial charge in [-0.15, -0.1) is 0 Å². The van der Waals surface area contributed by atoms with Crippen LogP contribution in [-0.2, 0) is 0 Å². The van der Waals surface area contributed by atoms with Gasteiger partial charge in [-0.05, 0) is 23.7 Å². The first-order valence-corrected chi connectivity index (χ1v) is 5.16. The highest BCUT2D eigenvalue weighted by atomic mass is 32.1. The number of phenolic OH excluding ortho intramolecular Hbond substituents is 1. The molecule has 5 nitrogen and oxygen atoms in total. The maximum absolute atomic E-state index is 11.6. The molecule has 0 radical (unpaired) electrons. The number of phenols is 1. The molecule has 0 amide bonds. The molecule has 3 N–H and O–H groups in total. The average Bonchev–Trinajstić information content (AvgIpc) is 2.68. The first-order chi connectivity index (χ1) is 7.68. The van der Waals surface area contributed by atoms with E-state index in [1.807, 2.05) is 0 Å². The molecule has 0 unspecified atom stereocenters. The zero-order chi connectivity index (χ0) is 11.5. The third-order valence-electron chi connectivity index (χ3n) is 1.89. The van der Waals surface area contributed by atoms with E-state index in [4.69, 9.17) is 10.5 Å². The number of nitrogen functional groups attached to an aromatic ring is 1. The van der Waals surface area contributed by atoms with Gasteiger partial charge < -0.3 is 15.6 Å². The van der Waals surface area contributed by atoms with Crippen LogP contribution in [0.15, 0.2) is 30.5 Å². The number of carbonyl (C=O) groups excluding carboxylic acids is 1. The lowest BCUT2D eigenvalue weighted by atomic mass is 10.3. The van der Waals surface area contributed by atoms with Crippen molar-refractivity contribution in [1.29, 1.82) is 0 Å². The Morgan fingerprint density at radius 3 is 2.81 bits per heavy atom. The molecular weight excluding hydrogens is 228 g/mol. The molecule has 0 atom stereocenters. The minimum Gasteiger partial charge on any atom is -0.504 e. The van der Waals surface area contributed by atoms with Crippen LogP contribution in [-0.4, -0.2) is 15.4 Å². The summed E-state index contributed by atoms with van der Waals surface area (Å²) in [5.41, 5.74) is 5.73. The van der Waals surface area contributed by atoms with Crippen molar-refractivity contribution < 1.29 is 14.6 Å². The molecule has 2 aromatic rings. The van der Waals surface area contributed by atoms with Crippen LogP contribution in [0.2, 0.25) is 0 Å². The van der Waals surface area contributed by atoms with Gasteiger partial charge in [-0.3, -0.25) is 0 Å². The second-order valence-electron chi connectivity index (χ2n) is 2.96.